The maximum atomic E-state index is 13.8. The Morgan fingerprint density at radius 1 is 1.00 bits per heavy atom. The number of aromatic amines is 1. The van der Waals surface area contributed by atoms with Gasteiger partial charge in [0.15, 0.2) is 0 Å². The lowest BCUT2D eigenvalue weighted by Gasteiger charge is -2.23. The number of anilines is 1. The molecule has 2 heterocycles. The second-order valence-electron chi connectivity index (χ2n) is 7.49. The molecule has 0 aliphatic heterocycles. The van der Waals surface area contributed by atoms with Crippen LogP contribution in [0.2, 0.25) is 0 Å². The van der Waals surface area contributed by atoms with Gasteiger partial charge in [-0.2, -0.15) is 0 Å². The molecule has 0 bridgehead atoms. The maximum Gasteiger partial charge on any atom is 0.249 e. The van der Waals surface area contributed by atoms with Crippen LogP contribution in [0.3, 0.4) is 0 Å². The number of imidazole rings is 1. The van der Waals surface area contributed by atoms with E-state index in [4.69, 9.17) is 0 Å². The van der Waals surface area contributed by atoms with Gasteiger partial charge in [0.25, 0.3) is 0 Å². The maximum absolute atomic E-state index is 13.8. The minimum atomic E-state index is -0.700. The first-order valence-corrected chi connectivity index (χ1v) is 10.2. The fourth-order valence-electron chi connectivity index (χ4n) is 3.69. The number of para-hydroxylation sites is 1. The molecule has 5 rings (SSSR count). The van der Waals surface area contributed by atoms with Crippen molar-refractivity contribution in [3.05, 3.63) is 96.5 Å². The van der Waals surface area contributed by atoms with Crippen LogP contribution < -0.4 is 4.90 Å². The van der Waals surface area contributed by atoms with Crippen molar-refractivity contribution in [1.82, 2.24) is 25.0 Å². The summed E-state index contributed by atoms with van der Waals surface area (Å²) in [6, 6.07) is 17.8. The van der Waals surface area contributed by atoms with Crippen LogP contribution in [0.15, 0.2) is 79.3 Å². The molecule has 7 nitrogen and oxygen atoms in total. The number of nitrogens with zero attached hydrogens (tertiary/aromatic N) is 5. The lowest BCUT2D eigenvalue weighted by atomic mass is 10.1. The van der Waals surface area contributed by atoms with Crippen molar-refractivity contribution in [2.75, 3.05) is 4.90 Å². The van der Waals surface area contributed by atoms with E-state index in [-0.39, 0.29) is 19.0 Å². The molecule has 0 aliphatic rings. The van der Waals surface area contributed by atoms with E-state index in [0.29, 0.717) is 16.8 Å². The second kappa shape index (κ2) is 8.62. The Morgan fingerprint density at radius 2 is 1.76 bits per heavy atom. The molecule has 0 atom stereocenters. The van der Waals surface area contributed by atoms with Gasteiger partial charge in [-0.15, -0.1) is 5.10 Å². The highest BCUT2D eigenvalue weighted by Gasteiger charge is 2.19. The molecule has 3 aromatic carbocycles. The third-order valence-corrected chi connectivity index (χ3v) is 5.24. The van der Waals surface area contributed by atoms with Crippen molar-refractivity contribution in [1.29, 1.82) is 0 Å². The molecule has 0 radical (unpaired) electrons. The zero-order valence-electron chi connectivity index (χ0n) is 17.3. The van der Waals surface area contributed by atoms with Crippen molar-refractivity contribution in [2.24, 2.45) is 0 Å². The van der Waals surface area contributed by atoms with E-state index in [1.807, 2.05) is 36.4 Å². The van der Waals surface area contributed by atoms with Crippen molar-refractivity contribution in [3.8, 4) is 11.3 Å². The van der Waals surface area contributed by atoms with E-state index in [2.05, 4.69) is 20.3 Å². The number of benzene rings is 3. The quantitative estimate of drug-likeness (QED) is 0.423. The molecule has 0 saturated heterocycles. The Kier molecular flexibility index (Phi) is 5.35. The summed E-state index contributed by atoms with van der Waals surface area (Å²) in [6.07, 6.45) is 3.35. The molecular weight excluding hydrogens is 426 g/mol. The van der Waals surface area contributed by atoms with Crippen molar-refractivity contribution >= 4 is 22.6 Å². The van der Waals surface area contributed by atoms with E-state index in [9.17, 15) is 13.6 Å². The molecule has 164 valence electrons. The zero-order valence-corrected chi connectivity index (χ0v) is 17.3. The van der Waals surface area contributed by atoms with Crippen LogP contribution in [0.1, 0.15) is 5.56 Å². The van der Waals surface area contributed by atoms with E-state index in [1.54, 1.807) is 24.7 Å². The summed E-state index contributed by atoms with van der Waals surface area (Å²) in [5, 5.41) is 8.17. The molecule has 0 saturated carbocycles. The molecule has 0 fully saturated rings. The summed E-state index contributed by atoms with van der Waals surface area (Å²) >= 11 is 0. The first-order chi connectivity index (χ1) is 16.1. The number of carbonyl (C=O) groups excluding carboxylic acids is 1. The summed E-state index contributed by atoms with van der Waals surface area (Å²) in [7, 11) is 0. The van der Waals surface area contributed by atoms with E-state index >= 15 is 0 Å². The smallest absolute Gasteiger partial charge is 0.249 e. The third-order valence-electron chi connectivity index (χ3n) is 5.24. The van der Waals surface area contributed by atoms with Crippen LogP contribution in [0.5, 0.6) is 0 Å². The average Bonchev–Trinajstić information content (AvgIpc) is 3.48. The Bertz CT molecular complexity index is 1390. The number of hydrogen-bond acceptors (Lipinski definition) is 4. The lowest BCUT2D eigenvalue weighted by molar-refractivity contribution is -0.119. The minimum Gasteiger partial charge on any atom is -0.351 e. The number of rotatable bonds is 6. The molecule has 1 amide bonds. The summed E-state index contributed by atoms with van der Waals surface area (Å²) in [5.41, 5.74) is 3.94. The molecule has 9 heteroatoms. The SMILES string of the molecule is O=C(Cn1nnc2ccccc21)N(Cc1cc(F)cc(F)c1)c1ccc(-c2c[nH]cn2)cc1. The first kappa shape index (κ1) is 20.5. The lowest BCUT2D eigenvalue weighted by Crippen LogP contribution is -2.33. The summed E-state index contributed by atoms with van der Waals surface area (Å²) < 4.78 is 29.1. The number of hydrogen-bond donors (Lipinski definition) is 1. The largest absolute Gasteiger partial charge is 0.351 e. The number of nitrogens with one attached hydrogen (secondary N) is 1. The van der Waals surface area contributed by atoms with Gasteiger partial charge < -0.3 is 9.88 Å². The monoisotopic (exact) mass is 444 g/mol. The molecule has 1 N–H and O–H groups in total. The molecule has 33 heavy (non-hydrogen) atoms. The summed E-state index contributed by atoms with van der Waals surface area (Å²) in [5.74, 6) is -1.70. The number of H-pyrrole nitrogens is 1. The van der Waals surface area contributed by atoms with Gasteiger partial charge in [-0.1, -0.05) is 29.5 Å². The topological polar surface area (TPSA) is 79.7 Å². The van der Waals surface area contributed by atoms with Gasteiger partial charge >= 0.3 is 0 Å². The van der Waals surface area contributed by atoms with Crippen molar-refractivity contribution in [3.63, 3.8) is 0 Å². The minimum absolute atomic E-state index is 0.0120. The van der Waals surface area contributed by atoms with Gasteiger partial charge in [0.05, 0.1) is 24.1 Å². The highest BCUT2D eigenvalue weighted by atomic mass is 19.1. The predicted octanol–water partition coefficient (Wildman–Crippen LogP) is 4.33. The van der Waals surface area contributed by atoms with Gasteiger partial charge in [-0.25, -0.2) is 18.4 Å². The number of aromatic nitrogens is 5. The van der Waals surface area contributed by atoms with Crippen molar-refractivity contribution in [2.45, 2.75) is 13.1 Å². The Morgan fingerprint density at radius 3 is 2.48 bits per heavy atom. The molecule has 2 aromatic heterocycles. The van der Waals surface area contributed by atoms with Gasteiger partial charge in [-0.3, -0.25) is 4.79 Å². The Hall–Kier alpha value is -4.40. The zero-order chi connectivity index (χ0) is 22.8. The average molecular weight is 444 g/mol. The van der Waals surface area contributed by atoms with Crippen LogP contribution in [0.25, 0.3) is 22.3 Å². The highest BCUT2D eigenvalue weighted by Crippen LogP contribution is 2.24. The van der Waals surface area contributed by atoms with Crippen LogP contribution >= 0.6 is 0 Å². The van der Waals surface area contributed by atoms with Gasteiger partial charge in [0.2, 0.25) is 5.91 Å². The van der Waals surface area contributed by atoms with Crippen LogP contribution in [0, 0.1) is 11.6 Å². The number of fused-ring (bicyclic) bond motifs is 1. The second-order valence-corrected chi connectivity index (χ2v) is 7.49. The van der Waals surface area contributed by atoms with E-state index in [1.165, 1.54) is 21.7 Å². The molecule has 5 aromatic rings. The van der Waals surface area contributed by atoms with Gasteiger partial charge in [0, 0.05) is 23.5 Å². The fraction of sp³-hybridized carbons (Fsp3) is 0.0833. The van der Waals surface area contributed by atoms with E-state index in [0.717, 1.165) is 22.8 Å². The van der Waals surface area contributed by atoms with Gasteiger partial charge in [-0.05, 0) is 42.0 Å². The Labute approximate surface area is 187 Å². The standard InChI is InChI=1S/C24H18F2N6O/c25-18-9-16(10-19(26)11-18)13-31(20-7-5-17(6-8-20)22-12-27-15-28-22)24(33)14-32-23-4-2-1-3-21(23)29-30-32/h1-12,15H,13-14H2,(H,27,28). The summed E-state index contributed by atoms with van der Waals surface area (Å²) in [4.78, 5) is 22.0. The Balaban J connectivity index is 1.48. The number of amides is 1. The molecular formula is C24H18F2N6O. The third kappa shape index (κ3) is 4.33. The molecule has 0 spiro atoms. The number of halogens is 2. The van der Waals surface area contributed by atoms with E-state index < -0.39 is 11.6 Å². The number of carbonyl (C=O) groups is 1. The van der Waals surface area contributed by atoms with Crippen LogP contribution in [-0.4, -0.2) is 30.9 Å². The van der Waals surface area contributed by atoms with Gasteiger partial charge in [0.1, 0.15) is 23.7 Å². The predicted molar refractivity (Wildman–Crippen MR) is 119 cm³/mol. The van der Waals surface area contributed by atoms with Crippen molar-refractivity contribution < 1.29 is 13.6 Å². The first-order valence-electron chi connectivity index (χ1n) is 10.2. The van der Waals surface area contributed by atoms with Crippen LogP contribution in [0.4, 0.5) is 14.5 Å². The fourth-order valence-corrected chi connectivity index (χ4v) is 3.69. The highest BCUT2D eigenvalue weighted by molar-refractivity contribution is 5.94. The molecule has 0 unspecified atom stereocenters. The normalized spacial score (nSPS) is 11.1. The molecule has 0 aliphatic carbocycles. The summed E-state index contributed by atoms with van der Waals surface area (Å²) in [6.45, 7) is -0.0959. The van der Waals surface area contributed by atoms with Crippen LogP contribution in [-0.2, 0) is 17.9 Å².